The molecular weight excluding hydrogens is 1340 g/mol. The van der Waals surface area contributed by atoms with Crippen molar-refractivity contribution in [3.63, 3.8) is 0 Å². The minimum absolute atomic E-state index is 0.0293. The minimum atomic E-state index is -3.92. The fourth-order valence-corrected chi connectivity index (χ4v) is 17.7. The molecule has 522 valence electrons. The van der Waals surface area contributed by atoms with Crippen LogP contribution in [0.1, 0.15) is 118 Å². The average Bonchev–Trinajstić information content (AvgIpc) is 1.44. The summed E-state index contributed by atoms with van der Waals surface area (Å²) in [7, 11) is -4.67. The van der Waals surface area contributed by atoms with Crippen molar-refractivity contribution in [2.45, 2.75) is 147 Å². The molecule has 0 saturated carbocycles. The quantitative estimate of drug-likeness (QED) is 0.0141. The Morgan fingerprint density at radius 2 is 1.08 bits per heavy atom. The first kappa shape index (κ1) is 73.2. The van der Waals surface area contributed by atoms with E-state index in [9.17, 15) is 20.1 Å². The van der Waals surface area contributed by atoms with Gasteiger partial charge in [0.1, 0.15) is 31.1 Å². The van der Waals surface area contributed by atoms with Crippen molar-refractivity contribution in [2.75, 3.05) is 37.1 Å². The number of carbonyl (C=O) groups is 2. The van der Waals surface area contributed by atoms with Crippen LogP contribution in [0.3, 0.4) is 0 Å². The van der Waals surface area contributed by atoms with E-state index in [1.165, 1.54) is 12.7 Å². The number of anilines is 2. The van der Waals surface area contributed by atoms with Crippen LogP contribution in [0.2, 0.25) is 18.1 Å². The smallest absolute Gasteiger partial charge is 0.261 e. The number of nitrogens with one attached hydrogen (secondary N) is 4. The zero-order valence-corrected chi connectivity index (χ0v) is 61.3. The number of amides is 2. The van der Waals surface area contributed by atoms with E-state index < -0.39 is 77.8 Å². The van der Waals surface area contributed by atoms with E-state index in [1.54, 1.807) is 65.8 Å². The van der Waals surface area contributed by atoms with E-state index >= 15 is 0 Å². The van der Waals surface area contributed by atoms with Gasteiger partial charge in [0.25, 0.3) is 27.0 Å². The number of fused-ring (bicyclic) bond motifs is 2. The number of carbonyl (C=O) groups excluding carboxylic acids is 2. The van der Waals surface area contributed by atoms with Crippen LogP contribution in [0.15, 0.2) is 177 Å². The van der Waals surface area contributed by atoms with Gasteiger partial charge in [0, 0.05) is 35.2 Å². The molecule has 11 rings (SSSR count). The summed E-state index contributed by atoms with van der Waals surface area (Å²) in [5, 5.41) is 33.4. The largest absolute Gasteiger partial charge is 0.408 e. The molecule has 28 heteroatoms. The monoisotopic (exact) mass is 1430 g/mol. The van der Waals surface area contributed by atoms with Crippen LogP contribution in [0.25, 0.3) is 22.3 Å². The first-order valence-electron chi connectivity index (χ1n) is 33.4. The van der Waals surface area contributed by atoms with Crippen LogP contribution >= 0.6 is 15.2 Å². The Morgan fingerprint density at radius 3 is 1.55 bits per heavy atom. The Kier molecular flexibility index (Phi) is 23.7. The lowest BCUT2D eigenvalue weighted by Crippen LogP contribution is -2.55. The molecule has 0 bridgehead atoms. The lowest BCUT2D eigenvalue weighted by molar-refractivity contribution is -0.0447. The zero-order chi connectivity index (χ0) is 70.8. The maximum Gasteiger partial charge on any atom is 0.261 e. The van der Waals surface area contributed by atoms with E-state index in [1.807, 2.05) is 71.3 Å². The van der Waals surface area contributed by atoms with Crippen molar-refractivity contribution in [1.82, 2.24) is 54.1 Å². The topological polar surface area (TPSA) is 285 Å². The fraction of sp³-hybridized carbons (Fsp3) is 0.389. The van der Waals surface area contributed by atoms with Crippen molar-refractivity contribution in [3.05, 3.63) is 205 Å². The van der Waals surface area contributed by atoms with Crippen molar-refractivity contribution in [1.29, 1.82) is 10.5 Å². The maximum absolute atomic E-state index is 13.7. The first-order valence-corrected chi connectivity index (χ1v) is 40.1. The molecule has 4 N–H and O–H groups in total. The Labute approximate surface area is 590 Å². The highest BCUT2D eigenvalue weighted by Gasteiger charge is 2.55. The number of aromatic nitrogens is 8. The fourth-order valence-electron chi connectivity index (χ4n) is 12.5. The third kappa shape index (κ3) is 16.2. The highest BCUT2D eigenvalue weighted by atomic mass is 32.5. The van der Waals surface area contributed by atoms with E-state index in [2.05, 4.69) is 153 Å². The van der Waals surface area contributed by atoms with Crippen LogP contribution in [-0.2, 0) is 49.3 Å². The van der Waals surface area contributed by atoms with E-state index in [0.717, 1.165) is 16.7 Å². The molecule has 0 radical (unpaired) electrons. The molecule has 10 atom stereocenters. The number of ether oxygens (including phenoxy) is 2. The van der Waals surface area contributed by atoms with Gasteiger partial charge in [-0.1, -0.05) is 155 Å². The third-order valence-electron chi connectivity index (χ3n) is 18.3. The summed E-state index contributed by atoms with van der Waals surface area (Å²) in [5.74, 6) is -0.746. The van der Waals surface area contributed by atoms with Crippen molar-refractivity contribution in [3.8, 4) is 12.1 Å². The summed E-state index contributed by atoms with van der Waals surface area (Å²) >= 11 is 6.82. The minimum Gasteiger partial charge on any atom is -0.408 e. The lowest BCUT2D eigenvalue weighted by atomic mass is 9.75. The molecule has 0 spiro atoms. The number of nitriles is 2. The second kappa shape index (κ2) is 32.3. The standard InChI is InChI=1S/C72H85N15O9P2SSi/c1-48(2)87(49(3)4)97(90-40-26-38-73)91-42-56-59(62(96-100(9,10)71(6,7)8)70(95-56)86-47-80-61-64(76-45-78-66(61)86)82-68(89)52-30-18-12-19-31-52)84-98(99,92-41-27-39-74)93-43-57-58(83-72(53-32-20-13-21-33-53,54-34-22-14-23-35-54)55-36-24-15-25-37-55)50(5)69(94-57)85-46-79-60-63(75-44-77-65(60)85)81-67(88)51-28-16-11-17-29-51/h11-25,28-37,44-50,56-59,62,69-70,83H,26-27,40-43H2,1-10H3,(H,84,99)(H,75,77,81,88)(H,76,78,82,89)/t50-,56-,57-,58+,59-,62-,69-,70-,97?,98?/m1/s1. The molecule has 4 aromatic heterocycles. The molecule has 2 aliphatic heterocycles. The SMILES string of the molecule is CC(C)N(C(C)C)P(OCCC#N)OC[C@H]1O[C@@H](n2cnc3c(NC(=O)c4ccccc4)ncnc32)[C@H](O[Si](C)(C)C(C)(C)C)[C@@H]1NP(=S)(OCCC#N)OC[C@H]1O[C@@H](n2cnc3c(NC(=O)c4ccccc4)ncnc32)[C@H](C)[C@@H]1NC(c1ccccc1)(c1ccccc1)c1ccccc1. The number of nitrogens with zero attached hydrogens (tertiary/aromatic N) is 11. The van der Waals surface area contributed by atoms with Crippen LogP contribution in [0, 0.1) is 28.6 Å². The number of imidazole rings is 2. The molecule has 2 fully saturated rings. The molecule has 9 aromatic rings. The molecule has 2 amide bonds. The summed E-state index contributed by atoms with van der Waals surface area (Å²) in [6.07, 6.45) is 1.65. The van der Waals surface area contributed by atoms with Crippen molar-refractivity contribution >= 4 is 81.1 Å². The molecule has 0 aliphatic carbocycles. The summed E-state index contributed by atoms with van der Waals surface area (Å²) in [5.41, 5.74) is 4.13. The predicted molar refractivity (Wildman–Crippen MR) is 389 cm³/mol. The van der Waals surface area contributed by atoms with E-state index in [0.29, 0.717) is 33.5 Å². The Bertz CT molecular complexity index is 4260. The summed E-state index contributed by atoms with van der Waals surface area (Å²) in [4.78, 5) is 55.5. The van der Waals surface area contributed by atoms with Gasteiger partial charge in [0.2, 0.25) is 0 Å². The molecule has 2 unspecified atom stereocenters. The van der Waals surface area contributed by atoms with Crippen LogP contribution in [0.5, 0.6) is 0 Å². The van der Waals surface area contributed by atoms with Gasteiger partial charge in [-0.3, -0.25) is 24.0 Å². The van der Waals surface area contributed by atoms with Gasteiger partial charge in [-0.25, -0.2) is 39.7 Å². The van der Waals surface area contributed by atoms with Crippen LogP contribution in [0.4, 0.5) is 11.6 Å². The summed E-state index contributed by atoms with van der Waals surface area (Å²) in [6, 6.07) is 51.4. The highest BCUT2D eigenvalue weighted by molar-refractivity contribution is 8.09. The molecule has 2 aliphatic rings. The summed E-state index contributed by atoms with van der Waals surface area (Å²) in [6.45, 7) is 16.9. The second-order valence-electron chi connectivity index (χ2n) is 26.6. The maximum atomic E-state index is 13.7. The number of benzene rings is 5. The Balaban J connectivity index is 1.02. The molecule has 2 saturated heterocycles. The van der Waals surface area contributed by atoms with Gasteiger partial charge in [0.05, 0.1) is 81.7 Å². The number of rotatable bonds is 30. The normalized spacial score (nSPS) is 20.6. The molecular formula is C72H85N15O9P2SSi. The molecule has 24 nitrogen and oxygen atoms in total. The Hall–Kier alpha value is -7.98. The van der Waals surface area contributed by atoms with Crippen LogP contribution < -0.4 is 21.0 Å². The predicted octanol–water partition coefficient (Wildman–Crippen LogP) is 13.4. The molecule has 6 heterocycles. The zero-order valence-electron chi connectivity index (χ0n) is 57.7. The van der Waals surface area contributed by atoms with E-state index in [-0.39, 0.29) is 79.8 Å². The lowest BCUT2D eigenvalue weighted by Gasteiger charge is -2.42. The van der Waals surface area contributed by atoms with Gasteiger partial charge in [0.15, 0.2) is 48.5 Å². The number of hydrogen-bond acceptors (Lipinski definition) is 20. The van der Waals surface area contributed by atoms with Gasteiger partial charge < -0.3 is 42.6 Å². The summed E-state index contributed by atoms with van der Waals surface area (Å²) < 4.78 is 55.8. The number of hydrogen-bond donors (Lipinski definition) is 4. The van der Waals surface area contributed by atoms with Crippen molar-refractivity contribution in [2.24, 2.45) is 5.92 Å². The van der Waals surface area contributed by atoms with Gasteiger partial charge in [-0.05, 0) is 98.6 Å². The van der Waals surface area contributed by atoms with Gasteiger partial charge in [-0.2, -0.15) is 10.5 Å². The van der Waals surface area contributed by atoms with Crippen molar-refractivity contribution < 1.29 is 41.6 Å². The highest BCUT2D eigenvalue weighted by Crippen LogP contribution is 2.53. The van der Waals surface area contributed by atoms with Crippen LogP contribution in [-0.4, -0.2) is 133 Å². The van der Waals surface area contributed by atoms with E-state index in [4.69, 9.17) is 63.7 Å². The molecule has 5 aromatic carbocycles. The second-order valence-corrected chi connectivity index (χ2v) is 36.0. The van der Waals surface area contributed by atoms with Gasteiger partial charge in [-0.15, -0.1) is 0 Å². The third-order valence-corrected chi connectivity index (χ3v) is 27.4. The Morgan fingerprint density at radius 1 is 0.630 bits per heavy atom. The average molecular weight is 1430 g/mol. The molecule has 100 heavy (non-hydrogen) atoms. The van der Waals surface area contributed by atoms with Gasteiger partial charge >= 0.3 is 0 Å². The first-order chi connectivity index (χ1) is 48.1.